The molecule has 0 aromatic heterocycles. The summed E-state index contributed by atoms with van der Waals surface area (Å²) in [6.07, 6.45) is 5.62. The van der Waals surface area contributed by atoms with E-state index in [4.69, 9.17) is 0 Å². The van der Waals surface area contributed by atoms with Gasteiger partial charge >= 0.3 is 6.03 Å². The molecule has 0 spiro atoms. The van der Waals surface area contributed by atoms with E-state index in [0.717, 1.165) is 25.7 Å². The molecule has 0 atom stereocenters. The number of urea groups is 1. The van der Waals surface area contributed by atoms with Crippen molar-refractivity contribution in [3.8, 4) is 0 Å². The standard InChI is InChI=1S/C10H20N2O2/c1-11-9(14)12-7-10(8-13)5-3-2-4-6-10/h13H,2-8H2,1H3,(H2,11,12,14). The third kappa shape index (κ3) is 2.87. The minimum atomic E-state index is -0.164. The van der Waals surface area contributed by atoms with Crippen LogP contribution < -0.4 is 10.6 Å². The molecule has 0 aromatic rings. The zero-order chi connectivity index (χ0) is 10.4. The maximum atomic E-state index is 11.0. The summed E-state index contributed by atoms with van der Waals surface area (Å²) in [7, 11) is 1.60. The van der Waals surface area contributed by atoms with Crippen molar-refractivity contribution < 1.29 is 9.90 Å². The molecule has 0 radical (unpaired) electrons. The molecule has 4 nitrogen and oxygen atoms in total. The van der Waals surface area contributed by atoms with E-state index in [1.54, 1.807) is 7.05 Å². The fourth-order valence-electron chi connectivity index (χ4n) is 2.05. The van der Waals surface area contributed by atoms with Gasteiger partial charge in [-0.05, 0) is 12.8 Å². The fourth-order valence-corrected chi connectivity index (χ4v) is 2.05. The quantitative estimate of drug-likeness (QED) is 0.632. The second-order valence-electron chi connectivity index (χ2n) is 4.15. The first kappa shape index (κ1) is 11.3. The maximum Gasteiger partial charge on any atom is 0.314 e. The summed E-state index contributed by atoms with van der Waals surface area (Å²) in [6.45, 7) is 0.764. The summed E-state index contributed by atoms with van der Waals surface area (Å²) < 4.78 is 0. The Morgan fingerprint density at radius 2 is 2.00 bits per heavy atom. The Hall–Kier alpha value is -0.770. The van der Waals surface area contributed by atoms with E-state index >= 15 is 0 Å². The van der Waals surface area contributed by atoms with Gasteiger partial charge in [-0.1, -0.05) is 19.3 Å². The van der Waals surface area contributed by atoms with Crippen molar-refractivity contribution in [1.29, 1.82) is 0 Å². The normalized spacial score (nSPS) is 20.1. The lowest BCUT2D eigenvalue weighted by atomic mass is 9.74. The van der Waals surface area contributed by atoms with Crippen molar-refractivity contribution in [2.24, 2.45) is 5.41 Å². The van der Waals surface area contributed by atoms with Gasteiger partial charge in [-0.25, -0.2) is 4.79 Å². The van der Waals surface area contributed by atoms with Gasteiger partial charge in [0.1, 0.15) is 0 Å². The Labute approximate surface area is 85.1 Å². The van der Waals surface area contributed by atoms with E-state index in [2.05, 4.69) is 10.6 Å². The summed E-state index contributed by atoms with van der Waals surface area (Å²) in [6, 6.07) is -0.164. The lowest BCUT2D eigenvalue weighted by Gasteiger charge is -2.35. The molecule has 0 saturated heterocycles. The highest BCUT2D eigenvalue weighted by atomic mass is 16.3. The van der Waals surface area contributed by atoms with Crippen molar-refractivity contribution in [1.82, 2.24) is 10.6 Å². The number of hydrogen-bond acceptors (Lipinski definition) is 2. The second kappa shape index (κ2) is 5.20. The topological polar surface area (TPSA) is 61.4 Å². The molecule has 0 bridgehead atoms. The molecule has 2 amide bonds. The third-order valence-electron chi connectivity index (χ3n) is 3.10. The Balaban J connectivity index is 2.39. The van der Waals surface area contributed by atoms with Crippen LogP contribution in [-0.2, 0) is 0 Å². The summed E-state index contributed by atoms with van der Waals surface area (Å²) >= 11 is 0. The molecule has 1 aliphatic carbocycles. The third-order valence-corrected chi connectivity index (χ3v) is 3.10. The van der Waals surface area contributed by atoms with Gasteiger partial charge in [0.05, 0.1) is 6.61 Å². The monoisotopic (exact) mass is 200 g/mol. The van der Waals surface area contributed by atoms with Crippen molar-refractivity contribution >= 4 is 6.03 Å². The first-order valence-electron chi connectivity index (χ1n) is 5.29. The molecule has 4 heteroatoms. The molecule has 0 aromatic carbocycles. The van der Waals surface area contributed by atoms with Crippen LogP contribution in [0, 0.1) is 5.41 Å². The van der Waals surface area contributed by atoms with Crippen LogP contribution >= 0.6 is 0 Å². The zero-order valence-electron chi connectivity index (χ0n) is 8.81. The highest BCUT2D eigenvalue weighted by molar-refractivity contribution is 5.73. The Kier molecular flexibility index (Phi) is 4.20. The molecular formula is C10H20N2O2. The van der Waals surface area contributed by atoms with Crippen LogP contribution in [-0.4, -0.2) is 31.3 Å². The van der Waals surface area contributed by atoms with Gasteiger partial charge in [-0.3, -0.25) is 0 Å². The van der Waals surface area contributed by atoms with Gasteiger partial charge in [0.2, 0.25) is 0 Å². The lowest BCUT2D eigenvalue weighted by Crippen LogP contribution is -2.44. The van der Waals surface area contributed by atoms with Gasteiger partial charge in [-0.15, -0.1) is 0 Å². The van der Waals surface area contributed by atoms with Crippen molar-refractivity contribution in [2.75, 3.05) is 20.2 Å². The second-order valence-corrected chi connectivity index (χ2v) is 4.15. The molecule has 1 saturated carbocycles. The number of carbonyl (C=O) groups excluding carboxylic acids is 1. The highest BCUT2D eigenvalue weighted by Gasteiger charge is 2.31. The van der Waals surface area contributed by atoms with E-state index in [0.29, 0.717) is 6.54 Å². The number of nitrogens with one attached hydrogen (secondary N) is 2. The molecule has 0 aliphatic heterocycles. The average molecular weight is 200 g/mol. The van der Waals surface area contributed by atoms with Crippen LogP contribution in [0.25, 0.3) is 0 Å². The van der Waals surface area contributed by atoms with Crippen molar-refractivity contribution in [3.05, 3.63) is 0 Å². The van der Waals surface area contributed by atoms with Crippen LogP contribution in [0.1, 0.15) is 32.1 Å². The minimum absolute atomic E-state index is 0.0647. The molecule has 0 unspecified atom stereocenters. The van der Waals surface area contributed by atoms with Crippen LogP contribution in [0.5, 0.6) is 0 Å². The van der Waals surface area contributed by atoms with Crippen molar-refractivity contribution in [3.63, 3.8) is 0 Å². The molecule has 1 fully saturated rings. The summed E-state index contributed by atoms with van der Waals surface area (Å²) in [5, 5.41) is 14.7. The molecule has 1 aliphatic rings. The number of rotatable bonds is 3. The summed E-state index contributed by atoms with van der Waals surface area (Å²) in [4.78, 5) is 11.0. The van der Waals surface area contributed by atoms with Crippen LogP contribution in [0.15, 0.2) is 0 Å². The number of amides is 2. The molecule has 82 valence electrons. The molecule has 1 rings (SSSR count). The lowest BCUT2D eigenvalue weighted by molar-refractivity contribution is 0.0835. The van der Waals surface area contributed by atoms with Gasteiger partial charge in [0, 0.05) is 19.0 Å². The van der Waals surface area contributed by atoms with Crippen LogP contribution in [0.2, 0.25) is 0 Å². The summed E-state index contributed by atoms with van der Waals surface area (Å²) in [5.74, 6) is 0. The van der Waals surface area contributed by atoms with E-state index in [-0.39, 0.29) is 18.1 Å². The van der Waals surface area contributed by atoms with E-state index in [9.17, 15) is 9.90 Å². The first-order valence-corrected chi connectivity index (χ1v) is 5.29. The van der Waals surface area contributed by atoms with E-state index in [1.165, 1.54) is 6.42 Å². The van der Waals surface area contributed by atoms with Gasteiger partial charge in [0.15, 0.2) is 0 Å². The van der Waals surface area contributed by atoms with E-state index < -0.39 is 0 Å². The minimum Gasteiger partial charge on any atom is -0.396 e. The predicted molar refractivity (Wildman–Crippen MR) is 55.1 cm³/mol. The number of aliphatic hydroxyl groups excluding tert-OH is 1. The van der Waals surface area contributed by atoms with Gasteiger partial charge in [0.25, 0.3) is 0 Å². The van der Waals surface area contributed by atoms with Crippen LogP contribution in [0.3, 0.4) is 0 Å². The average Bonchev–Trinajstić information content (AvgIpc) is 2.27. The molecular weight excluding hydrogens is 180 g/mol. The molecule has 0 heterocycles. The zero-order valence-corrected chi connectivity index (χ0v) is 8.81. The Bertz CT molecular complexity index is 189. The number of carbonyl (C=O) groups is 1. The largest absolute Gasteiger partial charge is 0.396 e. The van der Waals surface area contributed by atoms with Crippen molar-refractivity contribution in [2.45, 2.75) is 32.1 Å². The number of aliphatic hydroxyl groups is 1. The Morgan fingerprint density at radius 1 is 1.36 bits per heavy atom. The number of hydrogen-bond donors (Lipinski definition) is 3. The van der Waals surface area contributed by atoms with Gasteiger partial charge < -0.3 is 15.7 Å². The van der Waals surface area contributed by atoms with Crippen LogP contribution in [0.4, 0.5) is 4.79 Å². The SMILES string of the molecule is CNC(=O)NCC1(CO)CCCCC1. The van der Waals surface area contributed by atoms with E-state index in [1.807, 2.05) is 0 Å². The molecule has 14 heavy (non-hydrogen) atoms. The highest BCUT2D eigenvalue weighted by Crippen LogP contribution is 2.35. The first-order chi connectivity index (χ1) is 6.72. The van der Waals surface area contributed by atoms with Gasteiger partial charge in [-0.2, -0.15) is 0 Å². The molecule has 3 N–H and O–H groups in total. The maximum absolute atomic E-state index is 11.0. The summed E-state index contributed by atoms with van der Waals surface area (Å²) in [5.41, 5.74) is -0.0647. The fraction of sp³-hybridized carbons (Fsp3) is 0.900. The Morgan fingerprint density at radius 3 is 2.50 bits per heavy atom. The smallest absolute Gasteiger partial charge is 0.314 e. The predicted octanol–water partition coefficient (Wildman–Crippen LogP) is 0.858.